The third kappa shape index (κ3) is 8.31. The molecular formula is C17H27N4OPSY-2. The second-order valence-corrected chi connectivity index (χ2v) is 5.86. The van der Waals surface area contributed by atoms with E-state index in [0.717, 1.165) is 19.5 Å². The van der Waals surface area contributed by atoms with E-state index in [9.17, 15) is 4.79 Å². The molecule has 1 atom stereocenters. The van der Waals surface area contributed by atoms with Gasteiger partial charge < -0.3 is 12.7 Å². The van der Waals surface area contributed by atoms with Crippen molar-refractivity contribution in [2.24, 2.45) is 0 Å². The Labute approximate surface area is 183 Å². The largest absolute Gasteiger partial charge is 0.375 e. The van der Waals surface area contributed by atoms with Crippen LogP contribution in [0.5, 0.6) is 0 Å². The Morgan fingerprint density at radius 2 is 1.96 bits per heavy atom. The fourth-order valence-electron chi connectivity index (χ4n) is 2.09. The maximum Gasteiger partial charge on any atom is 0.241 e. The standard InChI is InChI=1S/C12H12N4OPS.2C2H6.CH3.Y/c17-11(14-12-15-13-7-19-12)9-1-2-10-6-16(18)4-3-8(10)5-9;2*1-2;;/h1-2,5H,3-4,6,18H2,(H,14,15,17);2*1-2H3;1H3;/q-1;;;-1;. The first-order chi connectivity index (χ1) is 11.2. The number of nitrogens with zero attached hydrogens (tertiary/aromatic N) is 3. The zero-order chi connectivity index (χ0) is 17.2. The Hall–Kier alpha value is -0.256. The van der Waals surface area contributed by atoms with Crippen LogP contribution in [0.15, 0.2) is 18.2 Å². The number of hydrogen-bond acceptors (Lipinski definition) is 5. The van der Waals surface area contributed by atoms with Gasteiger partial charge in [0.1, 0.15) is 0 Å². The van der Waals surface area contributed by atoms with E-state index in [1.54, 1.807) is 0 Å². The summed E-state index contributed by atoms with van der Waals surface area (Å²) < 4.78 is 2.19. The van der Waals surface area contributed by atoms with E-state index in [2.05, 4.69) is 35.1 Å². The van der Waals surface area contributed by atoms with Crippen molar-refractivity contribution in [3.8, 4) is 0 Å². The maximum atomic E-state index is 12.1. The smallest absolute Gasteiger partial charge is 0.241 e. The van der Waals surface area contributed by atoms with E-state index in [-0.39, 0.29) is 46.0 Å². The summed E-state index contributed by atoms with van der Waals surface area (Å²) in [6.45, 7) is 9.90. The van der Waals surface area contributed by atoms with Gasteiger partial charge in [0.2, 0.25) is 5.91 Å². The Morgan fingerprint density at radius 1 is 1.28 bits per heavy atom. The summed E-state index contributed by atoms with van der Waals surface area (Å²) in [5, 5.41) is 10.5. The average Bonchev–Trinajstić information content (AvgIpc) is 3.11. The van der Waals surface area contributed by atoms with Crippen LogP contribution in [0.2, 0.25) is 0 Å². The molecule has 1 N–H and O–H groups in total. The third-order valence-electron chi connectivity index (χ3n) is 3.05. The molecule has 1 aliphatic rings. The number of benzene rings is 1. The second-order valence-electron chi connectivity index (χ2n) is 4.36. The first kappa shape index (κ1) is 27.0. The molecule has 8 heteroatoms. The summed E-state index contributed by atoms with van der Waals surface area (Å²) in [4.78, 5) is 12.1. The molecule has 0 saturated carbocycles. The molecule has 2 heterocycles. The number of nitrogens with one attached hydrogen (secondary N) is 1. The molecule has 0 saturated heterocycles. The summed E-state index contributed by atoms with van der Waals surface area (Å²) in [6.07, 6.45) is 0.965. The van der Waals surface area contributed by atoms with E-state index in [1.807, 2.05) is 45.9 Å². The van der Waals surface area contributed by atoms with Gasteiger partial charge in [0.05, 0.1) is 5.13 Å². The zero-order valence-electron chi connectivity index (χ0n) is 15.7. The minimum absolute atomic E-state index is 0. The Kier molecular flexibility index (Phi) is 16.0. The van der Waals surface area contributed by atoms with Crippen LogP contribution in [0, 0.1) is 12.9 Å². The number of carbonyl (C=O) groups excluding carboxylic acids is 1. The Morgan fingerprint density at radius 3 is 2.56 bits per heavy atom. The average molecular weight is 455 g/mol. The summed E-state index contributed by atoms with van der Waals surface area (Å²) in [7, 11) is 2.72. The Balaban J connectivity index is 0. The van der Waals surface area contributed by atoms with Gasteiger partial charge in [0, 0.05) is 51.4 Å². The van der Waals surface area contributed by atoms with Crippen molar-refractivity contribution >= 4 is 31.8 Å². The van der Waals surface area contributed by atoms with Crippen molar-refractivity contribution in [1.29, 1.82) is 0 Å². The first-order valence-electron chi connectivity index (χ1n) is 7.85. The van der Waals surface area contributed by atoms with Gasteiger partial charge in [-0.05, 0) is 29.7 Å². The molecule has 5 nitrogen and oxygen atoms in total. The van der Waals surface area contributed by atoms with Crippen molar-refractivity contribution in [2.45, 2.75) is 40.7 Å². The predicted octanol–water partition coefficient (Wildman–Crippen LogP) is 4.24. The zero-order valence-corrected chi connectivity index (χ0v) is 20.5. The fraction of sp³-hybridized carbons (Fsp3) is 0.412. The number of aromatic nitrogens is 2. The monoisotopic (exact) mass is 455 g/mol. The molecule has 1 radical (unpaired) electrons. The molecule has 3 rings (SSSR count). The minimum Gasteiger partial charge on any atom is -0.375 e. The number of amides is 1. The summed E-state index contributed by atoms with van der Waals surface area (Å²) in [5.74, 6) is -0.152. The van der Waals surface area contributed by atoms with Gasteiger partial charge in [-0.15, -0.1) is 0 Å². The van der Waals surface area contributed by atoms with Gasteiger partial charge in [0.15, 0.2) is 0 Å². The summed E-state index contributed by atoms with van der Waals surface area (Å²) in [6, 6.07) is 5.84. The molecule has 0 spiro atoms. The molecule has 0 bridgehead atoms. The van der Waals surface area contributed by atoms with E-state index < -0.39 is 0 Å². The van der Waals surface area contributed by atoms with Crippen LogP contribution in [0.3, 0.4) is 0 Å². The molecule has 1 unspecified atom stereocenters. The van der Waals surface area contributed by atoms with Gasteiger partial charge in [-0.25, -0.2) is 5.10 Å². The van der Waals surface area contributed by atoms with Crippen LogP contribution in [-0.4, -0.2) is 27.3 Å². The molecule has 0 fully saturated rings. The quantitative estimate of drug-likeness (QED) is 0.544. The molecule has 1 amide bonds. The van der Waals surface area contributed by atoms with Crippen LogP contribution in [-0.2, 0) is 45.7 Å². The van der Waals surface area contributed by atoms with Gasteiger partial charge in [0.25, 0.3) is 0 Å². The van der Waals surface area contributed by atoms with E-state index >= 15 is 0 Å². The molecule has 1 aromatic heterocycles. The van der Waals surface area contributed by atoms with Crippen LogP contribution < -0.4 is 5.32 Å². The van der Waals surface area contributed by atoms with Crippen LogP contribution in [0.4, 0.5) is 5.13 Å². The van der Waals surface area contributed by atoms with Crippen LogP contribution >= 0.6 is 20.7 Å². The summed E-state index contributed by atoms with van der Waals surface area (Å²) in [5.41, 5.74) is 5.78. The van der Waals surface area contributed by atoms with Crippen molar-refractivity contribution in [1.82, 2.24) is 14.9 Å². The van der Waals surface area contributed by atoms with Crippen molar-refractivity contribution < 1.29 is 37.5 Å². The minimum atomic E-state index is -0.152. The molecule has 137 valence electrons. The van der Waals surface area contributed by atoms with Gasteiger partial charge >= 0.3 is 0 Å². The number of fused-ring (bicyclic) bond motifs is 1. The normalized spacial score (nSPS) is 11.9. The van der Waals surface area contributed by atoms with Gasteiger partial charge in [-0.3, -0.25) is 25.9 Å². The topological polar surface area (TPSA) is 58.1 Å². The number of carbonyl (C=O) groups is 1. The van der Waals surface area contributed by atoms with Crippen molar-refractivity contribution in [2.75, 3.05) is 11.9 Å². The molecule has 1 aliphatic heterocycles. The van der Waals surface area contributed by atoms with Crippen LogP contribution in [0.1, 0.15) is 49.2 Å². The fourth-order valence-corrected chi connectivity index (χ4v) is 2.81. The maximum absolute atomic E-state index is 12.1. The van der Waals surface area contributed by atoms with E-state index in [0.29, 0.717) is 10.7 Å². The van der Waals surface area contributed by atoms with Crippen molar-refractivity contribution in [3.05, 3.63) is 47.8 Å². The Bertz CT molecular complexity index is 611. The number of hydrogen-bond donors (Lipinski definition) is 1. The molecular weight excluding hydrogens is 428 g/mol. The van der Waals surface area contributed by atoms with E-state index in [4.69, 9.17) is 0 Å². The first-order valence-corrected chi connectivity index (χ1v) is 9.18. The second kappa shape index (κ2) is 14.9. The SMILES string of the molecule is CC.CC.O=C(Nc1nn[c-]s1)c1ccc2c(c1)CCN(P)C2.[CH3-].[Y]. The molecule has 2 aromatic rings. The van der Waals surface area contributed by atoms with Gasteiger partial charge in [-0.2, -0.15) is 0 Å². The van der Waals surface area contributed by atoms with E-state index in [1.165, 1.54) is 22.5 Å². The van der Waals surface area contributed by atoms with Crippen LogP contribution in [0.25, 0.3) is 0 Å². The number of anilines is 1. The predicted molar refractivity (Wildman–Crippen MR) is 106 cm³/mol. The number of rotatable bonds is 2. The van der Waals surface area contributed by atoms with Gasteiger partial charge in [-0.1, -0.05) is 48.7 Å². The molecule has 1 aromatic carbocycles. The molecule has 25 heavy (non-hydrogen) atoms. The summed E-state index contributed by atoms with van der Waals surface area (Å²) >= 11 is 1.19. The third-order valence-corrected chi connectivity index (χ3v) is 4.05. The van der Waals surface area contributed by atoms with Crippen molar-refractivity contribution in [3.63, 3.8) is 0 Å². The molecule has 0 aliphatic carbocycles.